The van der Waals surface area contributed by atoms with E-state index in [2.05, 4.69) is 16.4 Å². The van der Waals surface area contributed by atoms with Crippen LogP contribution in [0.4, 0.5) is 5.82 Å². The van der Waals surface area contributed by atoms with Crippen LogP contribution in [-0.4, -0.2) is 60.7 Å². The average Bonchev–Trinajstić information content (AvgIpc) is 3.31. The third-order valence-corrected chi connectivity index (χ3v) is 7.04. The zero-order chi connectivity index (χ0) is 18.1. The summed E-state index contributed by atoms with van der Waals surface area (Å²) in [4.78, 5) is 1.67. The van der Waals surface area contributed by atoms with Crippen LogP contribution in [0, 0.1) is 11.5 Å². The molecule has 1 unspecified atom stereocenters. The zero-order valence-corrected chi connectivity index (χ0v) is 15.1. The van der Waals surface area contributed by atoms with E-state index < -0.39 is 11.0 Å². The summed E-state index contributed by atoms with van der Waals surface area (Å²) in [6.45, 7) is 2.34. The van der Waals surface area contributed by atoms with E-state index >= 15 is 0 Å². The summed E-state index contributed by atoms with van der Waals surface area (Å²) in [5.74, 6) is 0.531. The Labute approximate surface area is 154 Å². The van der Waals surface area contributed by atoms with Crippen LogP contribution in [0.3, 0.4) is 0 Å². The lowest BCUT2D eigenvalue weighted by atomic mass is 10.1. The minimum atomic E-state index is -3.15. The quantitative estimate of drug-likeness (QED) is 0.710. The molecule has 1 aromatic carbocycles. The number of aromatic nitrogens is 2. The second-order valence-corrected chi connectivity index (χ2v) is 8.47. The van der Waals surface area contributed by atoms with Crippen LogP contribution < -0.4 is 4.31 Å². The molecule has 1 atom stereocenters. The van der Waals surface area contributed by atoms with Gasteiger partial charge in [0.2, 0.25) is 0 Å². The van der Waals surface area contributed by atoms with Gasteiger partial charge in [-0.1, -0.05) is 30.3 Å². The minimum absolute atomic E-state index is 0.0324. The van der Waals surface area contributed by atoms with Crippen molar-refractivity contribution in [2.45, 2.75) is 18.9 Å². The molecule has 3 N–H and O–H groups in total. The lowest BCUT2D eigenvalue weighted by Crippen LogP contribution is -2.51. The van der Waals surface area contributed by atoms with E-state index in [9.17, 15) is 9.11 Å². The summed E-state index contributed by atoms with van der Waals surface area (Å²) in [6.07, 6.45) is 3.72. The Morgan fingerprint density at radius 3 is 2.73 bits per heavy atom. The first-order valence-electron chi connectivity index (χ1n) is 8.68. The molecule has 1 aromatic heterocycles. The maximum absolute atomic E-state index is 11.0. The van der Waals surface area contributed by atoms with Crippen molar-refractivity contribution >= 4 is 16.8 Å². The van der Waals surface area contributed by atoms with E-state index in [-0.39, 0.29) is 6.04 Å². The summed E-state index contributed by atoms with van der Waals surface area (Å²) in [7, 11) is -3.15. The SMILES string of the molecule is N#CN1CCC(N2CCCN(c3cc(-c4ccccc4)[nH]n3)S2(O)O)C1. The van der Waals surface area contributed by atoms with Gasteiger partial charge in [0.25, 0.3) is 0 Å². The van der Waals surface area contributed by atoms with Crippen molar-refractivity contribution < 1.29 is 9.11 Å². The molecule has 2 aliphatic heterocycles. The molecule has 9 heteroatoms. The van der Waals surface area contributed by atoms with E-state index in [0.717, 1.165) is 24.1 Å². The van der Waals surface area contributed by atoms with Crippen molar-refractivity contribution in [3.05, 3.63) is 36.4 Å². The monoisotopic (exact) mass is 374 g/mol. The number of nitrogens with one attached hydrogen (secondary N) is 1. The summed E-state index contributed by atoms with van der Waals surface area (Å²) in [5.41, 5.74) is 1.83. The highest BCUT2D eigenvalue weighted by molar-refractivity contribution is 8.23. The van der Waals surface area contributed by atoms with Crippen LogP contribution in [0.1, 0.15) is 12.8 Å². The number of nitrogens with zero attached hydrogens (tertiary/aromatic N) is 5. The Balaban J connectivity index is 1.57. The van der Waals surface area contributed by atoms with Crippen LogP contribution in [-0.2, 0) is 0 Å². The van der Waals surface area contributed by atoms with Gasteiger partial charge in [-0.05, 0) is 29.4 Å². The van der Waals surface area contributed by atoms with Gasteiger partial charge >= 0.3 is 0 Å². The summed E-state index contributed by atoms with van der Waals surface area (Å²) >= 11 is 0. The molecule has 2 fully saturated rings. The maximum Gasteiger partial charge on any atom is 0.179 e. The highest BCUT2D eigenvalue weighted by Crippen LogP contribution is 2.53. The first-order chi connectivity index (χ1) is 12.6. The van der Waals surface area contributed by atoms with Crippen molar-refractivity contribution in [2.24, 2.45) is 0 Å². The molecule has 4 rings (SSSR count). The van der Waals surface area contributed by atoms with Gasteiger partial charge in [-0.2, -0.15) is 14.7 Å². The third-order valence-electron chi connectivity index (χ3n) is 4.97. The standard InChI is InChI=1S/C17H22N6O2S/c18-13-21-10-7-15(12-21)22-8-4-9-23(26(22,24)25)17-11-16(19-20-17)14-5-2-1-3-6-14/h1-3,5-6,11,15,24-25H,4,7-10,12H2,(H,19,20). The molecule has 3 heterocycles. The Morgan fingerprint density at radius 1 is 1.19 bits per heavy atom. The van der Waals surface area contributed by atoms with Crippen LogP contribution in [0.2, 0.25) is 0 Å². The molecule has 8 nitrogen and oxygen atoms in total. The van der Waals surface area contributed by atoms with Crippen LogP contribution in [0.25, 0.3) is 11.3 Å². The number of aromatic amines is 1. The molecule has 0 saturated carbocycles. The lowest BCUT2D eigenvalue weighted by Gasteiger charge is -2.54. The Kier molecular flexibility index (Phi) is 4.50. The Hall–Kier alpha value is -2.25. The largest absolute Gasteiger partial charge is 0.309 e. The van der Waals surface area contributed by atoms with Gasteiger partial charge < -0.3 is 4.90 Å². The number of anilines is 1. The number of benzene rings is 1. The zero-order valence-electron chi connectivity index (χ0n) is 14.3. The highest BCUT2D eigenvalue weighted by Gasteiger charge is 2.41. The van der Waals surface area contributed by atoms with Crippen molar-refractivity contribution in [3.63, 3.8) is 0 Å². The van der Waals surface area contributed by atoms with Crippen molar-refractivity contribution in [2.75, 3.05) is 30.5 Å². The number of H-pyrrole nitrogens is 1. The fourth-order valence-electron chi connectivity index (χ4n) is 3.64. The molecule has 2 aromatic rings. The molecule has 0 amide bonds. The summed E-state index contributed by atoms with van der Waals surface area (Å²) < 4.78 is 25.3. The topological polar surface area (TPSA) is 103 Å². The number of hydrogen-bond acceptors (Lipinski definition) is 7. The van der Waals surface area contributed by atoms with E-state index in [4.69, 9.17) is 5.26 Å². The van der Waals surface area contributed by atoms with Crippen LogP contribution >= 0.6 is 11.0 Å². The first kappa shape index (κ1) is 17.2. The van der Waals surface area contributed by atoms with Crippen molar-refractivity contribution in [1.82, 2.24) is 19.4 Å². The molecule has 0 aliphatic carbocycles. The molecule has 2 saturated heterocycles. The summed E-state index contributed by atoms with van der Waals surface area (Å²) in [5, 5.41) is 16.4. The minimum Gasteiger partial charge on any atom is -0.309 e. The van der Waals surface area contributed by atoms with Crippen LogP contribution in [0.5, 0.6) is 0 Å². The molecular weight excluding hydrogens is 352 g/mol. The lowest BCUT2D eigenvalue weighted by molar-refractivity contribution is 0.265. The number of likely N-dealkylation sites (tertiary alicyclic amines) is 1. The fourth-order valence-corrected chi connectivity index (χ4v) is 5.55. The van der Waals surface area contributed by atoms with Gasteiger partial charge in [0.15, 0.2) is 12.0 Å². The van der Waals surface area contributed by atoms with Gasteiger partial charge in [-0.25, -0.2) is 4.31 Å². The Bertz CT molecular complexity index is 805. The van der Waals surface area contributed by atoms with E-state index in [1.165, 1.54) is 0 Å². The highest BCUT2D eigenvalue weighted by atomic mass is 32.3. The molecule has 138 valence electrons. The molecule has 2 aliphatic rings. The van der Waals surface area contributed by atoms with Gasteiger partial charge in [-0.15, -0.1) is 0 Å². The van der Waals surface area contributed by atoms with Gasteiger partial charge in [0.05, 0.1) is 11.7 Å². The van der Waals surface area contributed by atoms with E-state index in [1.54, 1.807) is 13.5 Å². The van der Waals surface area contributed by atoms with E-state index in [0.29, 0.717) is 32.0 Å². The van der Waals surface area contributed by atoms with Crippen molar-refractivity contribution in [3.8, 4) is 17.5 Å². The third kappa shape index (κ3) is 3.01. The fraction of sp³-hybridized carbons (Fsp3) is 0.412. The van der Waals surface area contributed by atoms with Crippen LogP contribution in [0.15, 0.2) is 36.4 Å². The van der Waals surface area contributed by atoms with Crippen molar-refractivity contribution in [1.29, 1.82) is 5.26 Å². The molecule has 0 spiro atoms. The average molecular weight is 374 g/mol. The predicted octanol–water partition coefficient (Wildman–Crippen LogP) is 2.72. The number of nitriles is 1. The second-order valence-electron chi connectivity index (χ2n) is 6.58. The number of hydrogen-bond donors (Lipinski definition) is 3. The second kappa shape index (κ2) is 6.81. The Morgan fingerprint density at radius 2 is 2.00 bits per heavy atom. The number of rotatable bonds is 3. The normalized spacial score (nSPS) is 24.4. The van der Waals surface area contributed by atoms with Gasteiger partial charge in [0.1, 0.15) is 0 Å². The summed E-state index contributed by atoms with van der Waals surface area (Å²) in [6, 6.07) is 11.6. The van der Waals surface area contributed by atoms with Gasteiger partial charge in [0, 0.05) is 32.2 Å². The smallest absolute Gasteiger partial charge is 0.179 e. The predicted molar refractivity (Wildman–Crippen MR) is 101 cm³/mol. The van der Waals surface area contributed by atoms with Gasteiger partial charge in [-0.3, -0.25) is 14.2 Å². The molecular formula is C17H22N6O2S. The molecule has 26 heavy (non-hydrogen) atoms. The molecule has 0 radical (unpaired) electrons. The van der Waals surface area contributed by atoms with E-state index in [1.807, 2.05) is 36.4 Å². The maximum atomic E-state index is 11.0. The first-order valence-corrected chi connectivity index (χ1v) is 10.1. The molecule has 0 bridgehead atoms.